The molecule has 0 spiro atoms. The van der Waals surface area contributed by atoms with E-state index in [0.717, 1.165) is 33.8 Å². The molecular weight excluding hydrogens is 382 g/mol. The van der Waals surface area contributed by atoms with Crippen LogP contribution in [0.15, 0.2) is 84.9 Å². The van der Waals surface area contributed by atoms with Crippen LogP contribution < -0.4 is 15.6 Å². The van der Waals surface area contributed by atoms with Crippen molar-refractivity contribution < 1.29 is 4.74 Å². The van der Waals surface area contributed by atoms with E-state index in [2.05, 4.69) is 50.3 Å². The predicted octanol–water partition coefficient (Wildman–Crippen LogP) is 6.20. The first-order valence-corrected chi connectivity index (χ1v) is 10.6. The molecule has 31 heavy (non-hydrogen) atoms. The molecule has 1 unspecified atom stereocenters. The minimum atomic E-state index is 0.0671. The summed E-state index contributed by atoms with van der Waals surface area (Å²) in [5, 5.41) is 10.5. The molecule has 0 aliphatic heterocycles. The highest BCUT2D eigenvalue weighted by atomic mass is 16.5. The van der Waals surface area contributed by atoms with Crippen LogP contribution in [0.25, 0.3) is 5.70 Å². The van der Waals surface area contributed by atoms with Crippen LogP contribution in [0.2, 0.25) is 0 Å². The number of rotatable bonds is 9. The van der Waals surface area contributed by atoms with Gasteiger partial charge in [-0.15, -0.1) is 0 Å². The third-order valence-electron chi connectivity index (χ3n) is 5.21. The number of ether oxygens (including phenoxy) is 1. The van der Waals surface area contributed by atoms with Gasteiger partial charge in [0.05, 0.1) is 24.1 Å². The molecule has 0 heterocycles. The lowest BCUT2D eigenvalue weighted by molar-refractivity contribution is 0.309. The fourth-order valence-electron chi connectivity index (χ4n) is 3.54. The van der Waals surface area contributed by atoms with Gasteiger partial charge in [-0.3, -0.25) is 5.01 Å². The Kier molecular flexibility index (Phi) is 7.86. The Hall–Kier alpha value is -3.55. The van der Waals surface area contributed by atoms with E-state index in [1.165, 1.54) is 0 Å². The second kappa shape index (κ2) is 11.0. The average Bonchev–Trinajstić information content (AvgIpc) is 2.81. The third-order valence-corrected chi connectivity index (χ3v) is 5.21. The molecule has 0 saturated carbocycles. The van der Waals surface area contributed by atoms with Gasteiger partial charge >= 0.3 is 0 Å². The van der Waals surface area contributed by atoms with Crippen molar-refractivity contribution in [2.75, 3.05) is 11.6 Å². The number of unbranched alkanes of at least 4 members (excludes halogenated alkanes) is 1. The molecule has 158 valence electrons. The maximum atomic E-state index is 8.75. The third kappa shape index (κ3) is 5.75. The van der Waals surface area contributed by atoms with Gasteiger partial charge in [-0.2, -0.15) is 5.26 Å². The Balaban J connectivity index is 1.96. The molecule has 2 N–H and O–H groups in total. The number of benzene rings is 3. The largest absolute Gasteiger partial charge is 0.493 e. The summed E-state index contributed by atoms with van der Waals surface area (Å²) in [6, 6.07) is 28.5. The van der Waals surface area contributed by atoms with Crippen molar-refractivity contribution in [1.82, 2.24) is 0 Å². The van der Waals surface area contributed by atoms with E-state index in [9.17, 15) is 0 Å². The molecule has 4 nitrogen and oxygen atoms in total. The van der Waals surface area contributed by atoms with Gasteiger partial charge in [0.25, 0.3) is 0 Å². The normalized spacial score (nSPS) is 12.1. The summed E-state index contributed by atoms with van der Waals surface area (Å²) in [5.74, 6) is 7.56. The van der Waals surface area contributed by atoms with Gasteiger partial charge < -0.3 is 4.74 Å². The monoisotopic (exact) mass is 411 g/mol. The number of allylic oxidation sites excluding steroid dienone is 1. The van der Waals surface area contributed by atoms with Gasteiger partial charge in [0.1, 0.15) is 5.75 Å². The molecule has 1 atom stereocenters. The summed E-state index contributed by atoms with van der Waals surface area (Å²) in [6.45, 7) is 4.73. The lowest BCUT2D eigenvalue weighted by Gasteiger charge is -2.26. The number of hydrazine groups is 1. The molecule has 0 aliphatic carbocycles. The smallest absolute Gasteiger partial charge is 0.123 e. The van der Waals surface area contributed by atoms with Gasteiger partial charge in [-0.1, -0.05) is 79.7 Å². The summed E-state index contributed by atoms with van der Waals surface area (Å²) < 4.78 is 5.99. The molecule has 0 bridgehead atoms. The maximum absolute atomic E-state index is 8.75. The van der Waals surface area contributed by atoms with Gasteiger partial charge in [-0.25, -0.2) is 5.84 Å². The molecule has 0 amide bonds. The van der Waals surface area contributed by atoms with Crippen LogP contribution in [0, 0.1) is 18.3 Å². The Labute approximate surface area is 185 Å². The zero-order valence-electron chi connectivity index (χ0n) is 18.2. The Morgan fingerprint density at radius 2 is 1.71 bits per heavy atom. The number of nitriles is 1. The number of hydrogen-bond acceptors (Lipinski definition) is 4. The van der Waals surface area contributed by atoms with Crippen LogP contribution in [0.5, 0.6) is 5.75 Å². The van der Waals surface area contributed by atoms with Gasteiger partial charge in [-0.05, 0) is 36.6 Å². The zero-order chi connectivity index (χ0) is 22.1. The quantitative estimate of drug-likeness (QED) is 0.259. The fraction of sp³-hybridized carbons (Fsp3) is 0.222. The Bertz CT molecular complexity index is 1050. The van der Waals surface area contributed by atoms with Crippen molar-refractivity contribution in [3.05, 3.63) is 102 Å². The summed E-state index contributed by atoms with van der Waals surface area (Å²) in [4.78, 5) is 0. The molecule has 0 aromatic heterocycles. The van der Waals surface area contributed by atoms with Crippen molar-refractivity contribution in [2.24, 2.45) is 5.84 Å². The molecule has 0 fully saturated rings. The molecule has 0 saturated heterocycles. The summed E-state index contributed by atoms with van der Waals surface area (Å²) >= 11 is 0. The first-order valence-electron chi connectivity index (χ1n) is 10.6. The van der Waals surface area contributed by atoms with Crippen LogP contribution >= 0.6 is 0 Å². The van der Waals surface area contributed by atoms with E-state index in [4.69, 9.17) is 15.8 Å². The van der Waals surface area contributed by atoms with E-state index in [1.807, 2.05) is 54.6 Å². The van der Waals surface area contributed by atoms with E-state index >= 15 is 0 Å². The predicted molar refractivity (Wildman–Crippen MR) is 127 cm³/mol. The second-order valence-electron chi connectivity index (χ2n) is 7.51. The zero-order valence-corrected chi connectivity index (χ0v) is 18.2. The average molecular weight is 412 g/mol. The number of nitrogens with zero attached hydrogens (tertiary/aromatic N) is 2. The summed E-state index contributed by atoms with van der Waals surface area (Å²) in [6.07, 6.45) is 3.39. The Morgan fingerprint density at radius 3 is 2.45 bits per heavy atom. The van der Waals surface area contributed by atoms with Gasteiger partial charge in [0.2, 0.25) is 0 Å². The topological polar surface area (TPSA) is 62.3 Å². The fourth-order valence-corrected chi connectivity index (χ4v) is 3.54. The minimum absolute atomic E-state index is 0.0671. The van der Waals surface area contributed by atoms with Crippen molar-refractivity contribution in [1.29, 1.82) is 5.26 Å². The standard InChI is InChI=1S/C27H29N3O/c1-21-12-6-8-16-25(21)30(29)26(23-13-4-3-5-14-23)20-22(2)24-15-7-9-17-27(24)31-19-11-10-18-28/h3-9,12-17,20,22H,10-11,19,29H2,1-2H3/b26-20-. The highest BCUT2D eigenvalue weighted by Crippen LogP contribution is 2.32. The summed E-state index contributed by atoms with van der Waals surface area (Å²) in [5.41, 5.74) is 5.15. The first kappa shape index (κ1) is 22.1. The molecule has 3 aromatic rings. The van der Waals surface area contributed by atoms with Crippen LogP contribution in [-0.4, -0.2) is 6.61 Å². The molecule has 0 aliphatic rings. The minimum Gasteiger partial charge on any atom is -0.493 e. The lowest BCUT2D eigenvalue weighted by Crippen LogP contribution is -2.30. The summed E-state index contributed by atoms with van der Waals surface area (Å²) in [7, 11) is 0. The van der Waals surface area contributed by atoms with Crippen molar-refractivity contribution >= 4 is 11.4 Å². The van der Waals surface area contributed by atoms with E-state index < -0.39 is 0 Å². The van der Waals surface area contributed by atoms with Crippen molar-refractivity contribution in [2.45, 2.75) is 32.6 Å². The van der Waals surface area contributed by atoms with Crippen LogP contribution in [0.3, 0.4) is 0 Å². The molecule has 0 radical (unpaired) electrons. The molecule has 4 heteroatoms. The lowest BCUT2D eigenvalue weighted by atomic mass is 9.96. The molecule has 3 rings (SSSR count). The van der Waals surface area contributed by atoms with E-state index in [-0.39, 0.29) is 5.92 Å². The number of para-hydroxylation sites is 2. The van der Waals surface area contributed by atoms with E-state index in [1.54, 1.807) is 5.01 Å². The van der Waals surface area contributed by atoms with E-state index in [0.29, 0.717) is 19.4 Å². The van der Waals surface area contributed by atoms with Crippen molar-refractivity contribution in [3.63, 3.8) is 0 Å². The van der Waals surface area contributed by atoms with Gasteiger partial charge in [0, 0.05) is 17.9 Å². The number of nitrogens with two attached hydrogens (primary N) is 1. The van der Waals surface area contributed by atoms with Crippen molar-refractivity contribution in [3.8, 4) is 11.8 Å². The van der Waals surface area contributed by atoms with Crippen LogP contribution in [0.4, 0.5) is 5.69 Å². The van der Waals surface area contributed by atoms with Crippen LogP contribution in [-0.2, 0) is 0 Å². The second-order valence-corrected chi connectivity index (χ2v) is 7.51. The highest BCUT2D eigenvalue weighted by molar-refractivity contribution is 5.80. The molecule has 3 aromatic carbocycles. The SMILES string of the molecule is Cc1ccccc1N(N)/C(=C\C(C)c1ccccc1OCCCC#N)c1ccccc1. The Morgan fingerprint density at radius 1 is 1.03 bits per heavy atom. The van der Waals surface area contributed by atoms with Gasteiger partial charge in [0.15, 0.2) is 0 Å². The van der Waals surface area contributed by atoms with Crippen LogP contribution in [0.1, 0.15) is 42.4 Å². The molecular formula is C27H29N3O. The highest BCUT2D eigenvalue weighted by Gasteiger charge is 2.16. The first-order chi connectivity index (χ1) is 15.1. The number of hydrogen-bond donors (Lipinski definition) is 1. The number of anilines is 1. The maximum Gasteiger partial charge on any atom is 0.123 e. The number of aryl methyl sites for hydroxylation is 1.